The maximum atomic E-state index is 11.0. The van der Waals surface area contributed by atoms with Gasteiger partial charge >= 0.3 is 5.97 Å². The van der Waals surface area contributed by atoms with E-state index < -0.39 is 0 Å². The van der Waals surface area contributed by atoms with E-state index in [4.69, 9.17) is 4.74 Å². The van der Waals surface area contributed by atoms with Crippen molar-refractivity contribution in [2.75, 3.05) is 0 Å². The van der Waals surface area contributed by atoms with Gasteiger partial charge in [0.15, 0.2) is 0 Å². The highest BCUT2D eigenvalue weighted by molar-refractivity contribution is 5.70. The highest BCUT2D eigenvalue weighted by Crippen LogP contribution is 1.99. The minimum absolute atomic E-state index is 0.250. The lowest BCUT2D eigenvalue weighted by molar-refractivity contribution is -0.144. The molecule has 12 heavy (non-hydrogen) atoms. The van der Waals surface area contributed by atoms with Crippen molar-refractivity contribution in [3.63, 3.8) is 0 Å². The third kappa shape index (κ3) is 4.50. The van der Waals surface area contributed by atoms with Gasteiger partial charge in [-0.05, 0) is 18.6 Å². The van der Waals surface area contributed by atoms with Crippen LogP contribution in [0.2, 0.25) is 0 Å². The molecule has 0 bridgehead atoms. The van der Waals surface area contributed by atoms with Crippen molar-refractivity contribution in [1.29, 1.82) is 0 Å². The molecule has 66 valence electrons. The fourth-order valence-corrected chi connectivity index (χ4v) is 0.623. The van der Waals surface area contributed by atoms with Crippen LogP contribution in [0.3, 0.4) is 0 Å². The molecule has 0 aromatic rings. The number of allylic oxidation sites excluding steroid dienone is 1. The number of carbonyl (C=O) groups is 1. The van der Waals surface area contributed by atoms with E-state index in [0.717, 1.165) is 0 Å². The van der Waals surface area contributed by atoms with Gasteiger partial charge in [0.2, 0.25) is 0 Å². The molecule has 0 aliphatic heterocycles. The zero-order valence-electron chi connectivity index (χ0n) is 7.16. The molecule has 2 heteroatoms. The summed E-state index contributed by atoms with van der Waals surface area (Å²) in [5.41, 5.74) is 0. The molecular formula is C10H14O2. The molecule has 0 saturated carbocycles. The second-order valence-corrected chi connectivity index (χ2v) is 2.25. The van der Waals surface area contributed by atoms with Crippen LogP contribution in [0.4, 0.5) is 0 Å². The molecule has 0 aliphatic carbocycles. The largest absolute Gasteiger partial charge is 0.454 e. The van der Waals surface area contributed by atoms with Crippen LogP contribution in [0, 0.1) is 0 Å². The van der Waals surface area contributed by atoms with Crippen LogP contribution in [0.15, 0.2) is 38.0 Å². The number of carbonyl (C=O) groups excluding carboxylic acids is 1. The van der Waals surface area contributed by atoms with E-state index in [1.165, 1.54) is 12.2 Å². The van der Waals surface area contributed by atoms with Crippen molar-refractivity contribution in [3.05, 3.63) is 38.0 Å². The SMILES string of the molecule is C=CCCC(=O)OC(C=C)C=C. The van der Waals surface area contributed by atoms with Crippen molar-refractivity contribution in [2.24, 2.45) is 0 Å². The minimum Gasteiger partial charge on any atom is -0.454 e. The first kappa shape index (κ1) is 10.7. The predicted molar refractivity (Wildman–Crippen MR) is 49.7 cm³/mol. The Hall–Kier alpha value is -1.31. The molecule has 0 rings (SSSR count). The molecule has 0 aromatic carbocycles. The zero-order chi connectivity index (χ0) is 9.40. The first-order valence-corrected chi connectivity index (χ1v) is 3.80. The summed E-state index contributed by atoms with van der Waals surface area (Å²) in [7, 11) is 0. The van der Waals surface area contributed by atoms with E-state index in [0.29, 0.717) is 12.8 Å². The highest BCUT2D eigenvalue weighted by atomic mass is 16.5. The van der Waals surface area contributed by atoms with Gasteiger partial charge in [-0.1, -0.05) is 19.2 Å². The van der Waals surface area contributed by atoms with Crippen LogP contribution in [-0.4, -0.2) is 12.1 Å². The smallest absolute Gasteiger partial charge is 0.307 e. The first-order valence-electron chi connectivity index (χ1n) is 3.80. The van der Waals surface area contributed by atoms with Crippen LogP contribution in [0.25, 0.3) is 0 Å². The van der Waals surface area contributed by atoms with E-state index in [2.05, 4.69) is 19.7 Å². The van der Waals surface area contributed by atoms with E-state index in [1.54, 1.807) is 6.08 Å². The predicted octanol–water partition coefficient (Wildman–Crippen LogP) is 2.24. The summed E-state index contributed by atoms with van der Waals surface area (Å²) in [5.74, 6) is -0.250. The third-order valence-corrected chi connectivity index (χ3v) is 1.28. The maximum absolute atomic E-state index is 11.0. The topological polar surface area (TPSA) is 26.3 Å². The van der Waals surface area contributed by atoms with Crippen molar-refractivity contribution in [2.45, 2.75) is 18.9 Å². The summed E-state index contributed by atoms with van der Waals surface area (Å²) >= 11 is 0. The molecular weight excluding hydrogens is 152 g/mol. The minimum atomic E-state index is -0.373. The van der Waals surface area contributed by atoms with Gasteiger partial charge in [0.25, 0.3) is 0 Å². The Kier molecular flexibility index (Phi) is 5.70. The molecule has 0 fully saturated rings. The van der Waals surface area contributed by atoms with E-state index in [9.17, 15) is 4.79 Å². The average Bonchev–Trinajstić information content (AvgIpc) is 2.10. The standard InChI is InChI=1S/C10H14O2/c1-4-7-8-10(11)12-9(5-2)6-3/h4-6,9H,1-3,7-8H2. The van der Waals surface area contributed by atoms with Gasteiger partial charge in [0, 0.05) is 6.42 Å². The molecule has 0 aromatic heterocycles. The van der Waals surface area contributed by atoms with Crippen molar-refractivity contribution < 1.29 is 9.53 Å². The van der Waals surface area contributed by atoms with Crippen molar-refractivity contribution >= 4 is 5.97 Å². The Labute approximate surface area is 73.2 Å². The second-order valence-electron chi connectivity index (χ2n) is 2.25. The zero-order valence-corrected chi connectivity index (χ0v) is 7.16. The molecule has 0 aliphatic rings. The number of rotatable bonds is 6. The molecule has 0 amide bonds. The molecule has 0 radical (unpaired) electrons. The van der Waals surface area contributed by atoms with Gasteiger partial charge in [-0.15, -0.1) is 6.58 Å². The lowest BCUT2D eigenvalue weighted by atomic mass is 10.3. The molecule has 0 saturated heterocycles. The monoisotopic (exact) mass is 166 g/mol. The lowest BCUT2D eigenvalue weighted by Gasteiger charge is -2.08. The summed E-state index contributed by atoms with van der Waals surface area (Å²) in [6.07, 6.45) is 5.36. The van der Waals surface area contributed by atoms with Gasteiger partial charge in [-0.3, -0.25) is 4.79 Å². The normalized spacial score (nSPS) is 9.08. The number of hydrogen-bond acceptors (Lipinski definition) is 2. The summed E-state index contributed by atoms with van der Waals surface area (Å²) in [6.45, 7) is 10.5. The summed E-state index contributed by atoms with van der Waals surface area (Å²) in [6, 6.07) is 0. The van der Waals surface area contributed by atoms with Gasteiger partial charge in [-0.25, -0.2) is 0 Å². The Morgan fingerprint density at radius 3 is 2.33 bits per heavy atom. The summed E-state index contributed by atoms with van der Waals surface area (Å²) in [5, 5.41) is 0. The Morgan fingerprint density at radius 1 is 1.33 bits per heavy atom. The van der Waals surface area contributed by atoms with Gasteiger partial charge in [0.1, 0.15) is 6.10 Å². The molecule has 0 N–H and O–H groups in total. The Bertz CT molecular complexity index is 174. The number of esters is 1. The second kappa shape index (κ2) is 6.40. The Morgan fingerprint density at radius 2 is 1.92 bits per heavy atom. The van der Waals surface area contributed by atoms with Crippen LogP contribution < -0.4 is 0 Å². The van der Waals surface area contributed by atoms with Gasteiger partial charge in [-0.2, -0.15) is 0 Å². The molecule has 0 atom stereocenters. The van der Waals surface area contributed by atoms with Crippen LogP contribution in [0.1, 0.15) is 12.8 Å². The summed E-state index contributed by atoms with van der Waals surface area (Å²) < 4.78 is 4.93. The lowest BCUT2D eigenvalue weighted by Crippen LogP contribution is -2.12. The highest BCUT2D eigenvalue weighted by Gasteiger charge is 2.05. The van der Waals surface area contributed by atoms with Gasteiger partial charge in [0.05, 0.1) is 0 Å². The van der Waals surface area contributed by atoms with Crippen LogP contribution in [0.5, 0.6) is 0 Å². The quantitative estimate of drug-likeness (QED) is 0.447. The summed E-state index contributed by atoms with van der Waals surface area (Å²) in [4.78, 5) is 11.0. The van der Waals surface area contributed by atoms with Gasteiger partial charge < -0.3 is 4.74 Å². The Balaban J connectivity index is 3.73. The van der Waals surface area contributed by atoms with Crippen molar-refractivity contribution in [1.82, 2.24) is 0 Å². The van der Waals surface area contributed by atoms with E-state index in [1.807, 2.05) is 0 Å². The fraction of sp³-hybridized carbons (Fsp3) is 0.300. The third-order valence-electron chi connectivity index (χ3n) is 1.28. The first-order chi connectivity index (χ1) is 5.74. The number of ether oxygens (including phenoxy) is 1. The van der Waals surface area contributed by atoms with Crippen molar-refractivity contribution in [3.8, 4) is 0 Å². The molecule has 0 unspecified atom stereocenters. The van der Waals surface area contributed by atoms with E-state index in [-0.39, 0.29) is 12.1 Å². The van der Waals surface area contributed by atoms with Crippen LogP contribution >= 0.6 is 0 Å². The number of hydrogen-bond donors (Lipinski definition) is 0. The molecule has 0 spiro atoms. The molecule has 0 heterocycles. The van der Waals surface area contributed by atoms with E-state index >= 15 is 0 Å². The maximum Gasteiger partial charge on any atom is 0.307 e. The average molecular weight is 166 g/mol. The fourth-order valence-electron chi connectivity index (χ4n) is 0.623. The van der Waals surface area contributed by atoms with Crippen LogP contribution in [-0.2, 0) is 9.53 Å². The molecule has 2 nitrogen and oxygen atoms in total.